The molecule has 138 valence electrons. The Hall–Kier alpha value is -3.02. The van der Waals surface area contributed by atoms with E-state index in [9.17, 15) is 9.59 Å². The molecule has 0 fully saturated rings. The van der Waals surface area contributed by atoms with Gasteiger partial charge in [-0.05, 0) is 50.5 Å². The topological polar surface area (TPSA) is 79.5 Å². The summed E-state index contributed by atoms with van der Waals surface area (Å²) >= 11 is 0. The summed E-state index contributed by atoms with van der Waals surface area (Å²) < 4.78 is 5.54. The Morgan fingerprint density at radius 2 is 1.54 bits per heavy atom. The number of hydrogen-bond acceptors (Lipinski definition) is 4. The Bertz CT molecular complexity index is 783. The highest BCUT2D eigenvalue weighted by Crippen LogP contribution is 2.22. The van der Waals surface area contributed by atoms with Gasteiger partial charge in [0.05, 0.1) is 6.54 Å². The number of carbonyl (C=O) groups is 2. The van der Waals surface area contributed by atoms with Crippen molar-refractivity contribution in [1.82, 2.24) is 10.9 Å². The van der Waals surface area contributed by atoms with Gasteiger partial charge in [0.2, 0.25) is 0 Å². The lowest BCUT2D eigenvalue weighted by molar-refractivity contribution is -0.129. The second kappa shape index (κ2) is 8.89. The largest absolute Gasteiger partial charge is 0.483 e. The molecule has 0 bridgehead atoms. The molecule has 0 atom stereocenters. The number of ether oxygens (including phenoxy) is 1. The Balaban J connectivity index is 1.74. The van der Waals surface area contributed by atoms with Gasteiger partial charge in [0.1, 0.15) is 5.75 Å². The van der Waals surface area contributed by atoms with E-state index in [0.717, 1.165) is 27.9 Å². The zero-order chi connectivity index (χ0) is 19.1. The summed E-state index contributed by atoms with van der Waals surface area (Å²) in [6.07, 6.45) is 0. The molecule has 0 saturated heterocycles. The van der Waals surface area contributed by atoms with Gasteiger partial charge in [-0.1, -0.05) is 35.9 Å². The van der Waals surface area contributed by atoms with E-state index < -0.39 is 5.91 Å². The SMILES string of the molecule is Cc1ccc(NCC(=O)NNC(=O)COc2c(C)cccc2C)c(C)c1. The molecule has 0 spiro atoms. The summed E-state index contributed by atoms with van der Waals surface area (Å²) in [5.74, 6) is -0.0802. The van der Waals surface area contributed by atoms with Crippen LogP contribution in [0.15, 0.2) is 36.4 Å². The van der Waals surface area contributed by atoms with E-state index in [1.165, 1.54) is 0 Å². The molecule has 6 heteroatoms. The van der Waals surface area contributed by atoms with Gasteiger partial charge in [0.25, 0.3) is 11.8 Å². The van der Waals surface area contributed by atoms with E-state index in [2.05, 4.69) is 16.2 Å². The maximum absolute atomic E-state index is 11.9. The highest BCUT2D eigenvalue weighted by atomic mass is 16.5. The number of hydrazine groups is 1. The van der Waals surface area contributed by atoms with E-state index >= 15 is 0 Å². The van der Waals surface area contributed by atoms with Crippen molar-refractivity contribution in [3.63, 3.8) is 0 Å². The highest BCUT2D eigenvalue weighted by molar-refractivity contribution is 5.85. The first kappa shape index (κ1) is 19.3. The van der Waals surface area contributed by atoms with Crippen molar-refractivity contribution >= 4 is 17.5 Å². The van der Waals surface area contributed by atoms with Gasteiger partial charge in [-0.25, -0.2) is 0 Å². The van der Waals surface area contributed by atoms with Crippen LogP contribution >= 0.6 is 0 Å². The lowest BCUT2D eigenvalue weighted by Gasteiger charge is -2.13. The van der Waals surface area contributed by atoms with Gasteiger partial charge in [0.15, 0.2) is 6.61 Å². The van der Waals surface area contributed by atoms with Crippen molar-refractivity contribution in [1.29, 1.82) is 0 Å². The molecule has 0 heterocycles. The average molecular weight is 355 g/mol. The smallest absolute Gasteiger partial charge is 0.276 e. The van der Waals surface area contributed by atoms with Gasteiger partial charge in [-0.15, -0.1) is 0 Å². The predicted octanol–water partition coefficient (Wildman–Crippen LogP) is 2.56. The standard InChI is InChI=1S/C20H25N3O3/c1-13-8-9-17(16(4)10-13)21-11-18(24)22-23-19(25)12-26-20-14(2)6-5-7-15(20)3/h5-10,21H,11-12H2,1-4H3,(H,22,24)(H,23,25). The van der Waals surface area contributed by atoms with Crippen LogP contribution < -0.4 is 20.9 Å². The summed E-state index contributed by atoms with van der Waals surface area (Å²) in [6, 6.07) is 11.7. The molecule has 6 nitrogen and oxygen atoms in total. The number of nitrogens with one attached hydrogen (secondary N) is 3. The maximum Gasteiger partial charge on any atom is 0.276 e. The lowest BCUT2D eigenvalue weighted by atomic mass is 10.1. The zero-order valence-electron chi connectivity index (χ0n) is 15.6. The minimum atomic E-state index is -0.424. The molecule has 0 aliphatic heterocycles. The molecule has 0 unspecified atom stereocenters. The van der Waals surface area contributed by atoms with Crippen molar-refractivity contribution in [2.24, 2.45) is 0 Å². The first-order valence-electron chi connectivity index (χ1n) is 8.44. The fourth-order valence-electron chi connectivity index (χ4n) is 2.57. The Labute approximate surface area is 153 Å². The van der Waals surface area contributed by atoms with Crippen molar-refractivity contribution in [3.05, 3.63) is 58.7 Å². The van der Waals surface area contributed by atoms with E-state index in [0.29, 0.717) is 5.75 Å². The summed E-state index contributed by atoms with van der Waals surface area (Å²) in [4.78, 5) is 23.7. The first-order chi connectivity index (χ1) is 12.4. The quantitative estimate of drug-likeness (QED) is 0.696. The van der Waals surface area contributed by atoms with E-state index in [1.54, 1.807) is 0 Å². The molecule has 2 amide bonds. The number of amides is 2. The van der Waals surface area contributed by atoms with Crippen LogP contribution in [0.2, 0.25) is 0 Å². The number of anilines is 1. The van der Waals surface area contributed by atoms with Gasteiger partial charge < -0.3 is 10.1 Å². The Kier molecular flexibility index (Phi) is 6.60. The fraction of sp³-hybridized carbons (Fsp3) is 0.300. The molecule has 26 heavy (non-hydrogen) atoms. The molecular formula is C20H25N3O3. The third-order valence-electron chi connectivity index (χ3n) is 3.92. The van der Waals surface area contributed by atoms with Crippen LogP contribution in [0.1, 0.15) is 22.3 Å². The zero-order valence-corrected chi connectivity index (χ0v) is 15.6. The second-order valence-electron chi connectivity index (χ2n) is 6.28. The van der Waals surface area contributed by atoms with Crippen LogP contribution in [-0.2, 0) is 9.59 Å². The van der Waals surface area contributed by atoms with Crippen LogP contribution in [0, 0.1) is 27.7 Å². The molecule has 0 saturated carbocycles. The normalized spacial score (nSPS) is 10.2. The van der Waals surface area contributed by atoms with Gasteiger partial charge in [0, 0.05) is 5.69 Å². The molecule has 3 N–H and O–H groups in total. The minimum Gasteiger partial charge on any atom is -0.483 e. The second-order valence-corrected chi connectivity index (χ2v) is 6.28. The molecule has 2 aromatic carbocycles. The Morgan fingerprint density at radius 1 is 0.885 bits per heavy atom. The molecule has 0 radical (unpaired) electrons. The molecule has 0 aliphatic carbocycles. The van der Waals surface area contributed by atoms with E-state index in [1.807, 2.05) is 64.1 Å². The third-order valence-corrected chi connectivity index (χ3v) is 3.92. The van der Waals surface area contributed by atoms with Gasteiger partial charge in [-0.3, -0.25) is 20.4 Å². The Morgan fingerprint density at radius 3 is 2.19 bits per heavy atom. The summed E-state index contributed by atoms with van der Waals surface area (Å²) in [5.41, 5.74) is 9.74. The number of benzene rings is 2. The van der Waals surface area contributed by atoms with Crippen LogP contribution in [-0.4, -0.2) is 25.0 Å². The van der Waals surface area contributed by atoms with Crippen molar-refractivity contribution < 1.29 is 14.3 Å². The van der Waals surface area contributed by atoms with Gasteiger partial charge >= 0.3 is 0 Å². The lowest BCUT2D eigenvalue weighted by Crippen LogP contribution is -2.46. The molecule has 0 aromatic heterocycles. The molecule has 2 rings (SSSR count). The summed E-state index contributed by atoms with van der Waals surface area (Å²) in [6.45, 7) is 7.71. The van der Waals surface area contributed by atoms with Crippen LogP contribution in [0.25, 0.3) is 0 Å². The molecule has 0 aliphatic rings. The highest BCUT2D eigenvalue weighted by Gasteiger charge is 2.09. The minimum absolute atomic E-state index is 0.0575. The maximum atomic E-state index is 11.9. The number of aryl methyl sites for hydroxylation is 4. The number of para-hydroxylation sites is 1. The molecule has 2 aromatic rings. The monoisotopic (exact) mass is 355 g/mol. The van der Waals surface area contributed by atoms with Crippen LogP contribution in [0.5, 0.6) is 5.75 Å². The predicted molar refractivity (Wildman–Crippen MR) is 102 cm³/mol. The van der Waals surface area contributed by atoms with E-state index in [-0.39, 0.29) is 19.1 Å². The fourth-order valence-corrected chi connectivity index (χ4v) is 2.57. The number of rotatable bonds is 6. The van der Waals surface area contributed by atoms with E-state index in [4.69, 9.17) is 4.74 Å². The van der Waals surface area contributed by atoms with Crippen molar-refractivity contribution in [2.45, 2.75) is 27.7 Å². The first-order valence-corrected chi connectivity index (χ1v) is 8.44. The van der Waals surface area contributed by atoms with Crippen molar-refractivity contribution in [3.8, 4) is 5.75 Å². The number of carbonyl (C=O) groups excluding carboxylic acids is 2. The third kappa shape index (κ3) is 5.51. The number of hydrogen-bond donors (Lipinski definition) is 3. The van der Waals surface area contributed by atoms with Crippen LogP contribution in [0.3, 0.4) is 0 Å². The van der Waals surface area contributed by atoms with Crippen molar-refractivity contribution in [2.75, 3.05) is 18.5 Å². The molecular weight excluding hydrogens is 330 g/mol. The van der Waals surface area contributed by atoms with Crippen LogP contribution in [0.4, 0.5) is 5.69 Å². The summed E-state index contributed by atoms with van der Waals surface area (Å²) in [5, 5.41) is 3.04. The average Bonchev–Trinajstić information content (AvgIpc) is 2.58. The summed E-state index contributed by atoms with van der Waals surface area (Å²) in [7, 11) is 0. The van der Waals surface area contributed by atoms with Gasteiger partial charge in [-0.2, -0.15) is 0 Å².